The molecule has 0 radical (unpaired) electrons. The lowest BCUT2D eigenvalue weighted by molar-refractivity contribution is 0.392. The fraction of sp³-hybridized carbons (Fsp3) is 0.500. The third-order valence-corrected chi connectivity index (χ3v) is 3.54. The van der Waals surface area contributed by atoms with Gasteiger partial charge < -0.3 is 10.5 Å². The summed E-state index contributed by atoms with van der Waals surface area (Å²) in [6.45, 7) is 5.18. The summed E-state index contributed by atoms with van der Waals surface area (Å²) in [6, 6.07) is 5.53. The third-order valence-electron chi connectivity index (χ3n) is 3.54. The molecule has 0 aliphatic carbocycles. The minimum atomic E-state index is 0.570. The van der Waals surface area contributed by atoms with Gasteiger partial charge in [0.2, 0.25) is 0 Å². The maximum absolute atomic E-state index is 5.89. The fourth-order valence-electron chi connectivity index (χ4n) is 2.19. The topological polar surface area (TPSA) is 78.9 Å². The van der Waals surface area contributed by atoms with Gasteiger partial charge in [-0.15, -0.1) is 5.10 Å². The number of rotatable bonds is 6. The first-order valence-corrected chi connectivity index (χ1v) is 6.89. The second kappa shape index (κ2) is 6.36. The summed E-state index contributed by atoms with van der Waals surface area (Å²) in [6.07, 6.45) is 2.21. The van der Waals surface area contributed by atoms with E-state index >= 15 is 0 Å². The molecule has 0 bridgehead atoms. The molecule has 1 aromatic carbocycles. The summed E-state index contributed by atoms with van der Waals surface area (Å²) in [7, 11) is 1.62. The third kappa shape index (κ3) is 3.07. The molecule has 6 heteroatoms. The molecular formula is C14H21N5O. The highest BCUT2D eigenvalue weighted by atomic mass is 16.5. The number of nitrogens with zero attached hydrogens (tertiary/aromatic N) is 4. The van der Waals surface area contributed by atoms with Gasteiger partial charge in [-0.2, -0.15) is 0 Å². The van der Waals surface area contributed by atoms with Crippen molar-refractivity contribution in [3.05, 3.63) is 18.2 Å². The number of anilines is 1. The normalized spacial score (nSPS) is 11.0. The van der Waals surface area contributed by atoms with Gasteiger partial charge in [0.15, 0.2) is 5.82 Å². The van der Waals surface area contributed by atoms with E-state index in [1.54, 1.807) is 13.2 Å². The number of methoxy groups -OCH3 is 1. The number of hydrogen-bond donors (Lipinski definition) is 1. The minimum Gasteiger partial charge on any atom is -0.497 e. The molecule has 2 N–H and O–H groups in total. The highest BCUT2D eigenvalue weighted by Crippen LogP contribution is 2.26. The summed E-state index contributed by atoms with van der Waals surface area (Å²) in [5.74, 6) is 2.00. The van der Waals surface area contributed by atoms with E-state index < -0.39 is 0 Å². The van der Waals surface area contributed by atoms with Crippen molar-refractivity contribution in [1.29, 1.82) is 0 Å². The molecule has 0 aliphatic rings. The smallest absolute Gasteiger partial charge is 0.182 e. The molecule has 0 aliphatic heterocycles. The van der Waals surface area contributed by atoms with Crippen LogP contribution in [-0.4, -0.2) is 27.3 Å². The summed E-state index contributed by atoms with van der Waals surface area (Å²) in [4.78, 5) is 0. The van der Waals surface area contributed by atoms with Crippen molar-refractivity contribution in [2.24, 2.45) is 5.92 Å². The number of aromatic nitrogens is 4. The van der Waals surface area contributed by atoms with Crippen LogP contribution in [0, 0.1) is 5.92 Å². The summed E-state index contributed by atoms with van der Waals surface area (Å²) in [5, 5.41) is 12.0. The van der Waals surface area contributed by atoms with Gasteiger partial charge in [-0.3, -0.25) is 0 Å². The number of ether oxygens (including phenoxy) is 1. The maximum atomic E-state index is 5.89. The molecule has 20 heavy (non-hydrogen) atoms. The Hall–Kier alpha value is -2.11. The first kappa shape index (κ1) is 14.3. The van der Waals surface area contributed by atoms with Gasteiger partial charge in [-0.25, -0.2) is 4.68 Å². The van der Waals surface area contributed by atoms with Crippen LogP contribution in [0.5, 0.6) is 5.75 Å². The summed E-state index contributed by atoms with van der Waals surface area (Å²) >= 11 is 0. The van der Waals surface area contributed by atoms with E-state index in [2.05, 4.69) is 29.4 Å². The molecule has 1 heterocycles. The molecule has 2 rings (SSSR count). The molecule has 2 aromatic rings. The van der Waals surface area contributed by atoms with Gasteiger partial charge >= 0.3 is 0 Å². The highest BCUT2D eigenvalue weighted by Gasteiger charge is 2.14. The van der Waals surface area contributed by atoms with Crippen molar-refractivity contribution in [2.45, 2.75) is 33.2 Å². The number of nitrogens with two attached hydrogens (primary N) is 1. The molecule has 0 saturated carbocycles. The van der Waals surface area contributed by atoms with Gasteiger partial charge in [0, 0.05) is 23.9 Å². The van der Waals surface area contributed by atoms with E-state index in [4.69, 9.17) is 10.5 Å². The standard InChI is InChI=1S/C14H21N5O/c1-4-10(5-2)9-19-14(16-17-18-19)11-6-12(15)8-13(7-11)20-3/h6-8,10H,4-5,9,15H2,1-3H3. The van der Waals surface area contributed by atoms with Gasteiger partial charge in [0.25, 0.3) is 0 Å². The minimum absolute atomic E-state index is 0.570. The van der Waals surface area contributed by atoms with Crippen LogP contribution in [-0.2, 0) is 6.54 Å². The quantitative estimate of drug-likeness (QED) is 0.819. The number of hydrogen-bond acceptors (Lipinski definition) is 5. The van der Waals surface area contributed by atoms with Crippen LogP contribution in [0.4, 0.5) is 5.69 Å². The number of benzene rings is 1. The van der Waals surface area contributed by atoms with Crippen molar-refractivity contribution in [3.63, 3.8) is 0 Å². The van der Waals surface area contributed by atoms with Crippen LogP contribution in [0.15, 0.2) is 18.2 Å². The van der Waals surface area contributed by atoms with E-state index in [1.807, 2.05) is 16.8 Å². The van der Waals surface area contributed by atoms with Crippen LogP contribution in [0.3, 0.4) is 0 Å². The van der Waals surface area contributed by atoms with E-state index in [9.17, 15) is 0 Å². The van der Waals surface area contributed by atoms with Crippen molar-refractivity contribution in [2.75, 3.05) is 12.8 Å². The van der Waals surface area contributed by atoms with Crippen LogP contribution < -0.4 is 10.5 Å². The van der Waals surface area contributed by atoms with E-state index in [0.29, 0.717) is 17.4 Å². The Balaban J connectivity index is 2.34. The lowest BCUT2D eigenvalue weighted by Gasteiger charge is -2.13. The Bertz CT molecular complexity index is 562. The van der Waals surface area contributed by atoms with Crippen LogP contribution in [0.1, 0.15) is 26.7 Å². The maximum Gasteiger partial charge on any atom is 0.182 e. The molecule has 6 nitrogen and oxygen atoms in total. The Kier molecular flexibility index (Phi) is 4.55. The van der Waals surface area contributed by atoms with Crippen LogP contribution in [0.25, 0.3) is 11.4 Å². The largest absolute Gasteiger partial charge is 0.497 e. The second-order valence-electron chi connectivity index (χ2n) is 4.86. The average molecular weight is 275 g/mol. The van der Waals surface area contributed by atoms with Crippen molar-refractivity contribution in [1.82, 2.24) is 20.2 Å². The predicted octanol–water partition coefficient (Wildman–Crippen LogP) is 2.37. The molecule has 0 saturated heterocycles. The van der Waals surface area contributed by atoms with Crippen LogP contribution in [0.2, 0.25) is 0 Å². The van der Waals surface area contributed by atoms with Crippen molar-refractivity contribution >= 4 is 5.69 Å². The molecule has 1 aromatic heterocycles. The summed E-state index contributed by atoms with van der Waals surface area (Å²) in [5.41, 5.74) is 7.40. The first-order chi connectivity index (χ1) is 9.67. The lowest BCUT2D eigenvalue weighted by Crippen LogP contribution is -2.12. The highest BCUT2D eigenvalue weighted by molar-refractivity contribution is 5.64. The van der Waals surface area contributed by atoms with Gasteiger partial charge in [0.05, 0.1) is 7.11 Å². The zero-order valence-corrected chi connectivity index (χ0v) is 12.2. The SMILES string of the molecule is CCC(CC)Cn1nnnc1-c1cc(N)cc(OC)c1. The van der Waals surface area contributed by atoms with Crippen molar-refractivity contribution in [3.8, 4) is 17.1 Å². The Morgan fingerprint density at radius 3 is 2.65 bits per heavy atom. The average Bonchev–Trinajstić information content (AvgIpc) is 2.92. The second-order valence-corrected chi connectivity index (χ2v) is 4.86. The van der Waals surface area contributed by atoms with Gasteiger partial charge in [-0.05, 0) is 28.5 Å². The predicted molar refractivity (Wildman–Crippen MR) is 78.3 cm³/mol. The first-order valence-electron chi connectivity index (χ1n) is 6.89. The van der Waals surface area contributed by atoms with E-state index in [0.717, 1.165) is 30.8 Å². The molecule has 0 amide bonds. The van der Waals surface area contributed by atoms with E-state index in [-0.39, 0.29) is 0 Å². The van der Waals surface area contributed by atoms with E-state index in [1.165, 1.54) is 0 Å². The summed E-state index contributed by atoms with van der Waals surface area (Å²) < 4.78 is 7.08. The molecule has 0 spiro atoms. The van der Waals surface area contributed by atoms with Crippen LogP contribution >= 0.6 is 0 Å². The molecule has 0 atom stereocenters. The zero-order valence-electron chi connectivity index (χ0n) is 12.2. The Morgan fingerprint density at radius 2 is 2.00 bits per heavy atom. The zero-order chi connectivity index (χ0) is 14.5. The molecular weight excluding hydrogens is 254 g/mol. The lowest BCUT2D eigenvalue weighted by atomic mass is 10.0. The fourth-order valence-corrected chi connectivity index (χ4v) is 2.19. The Labute approximate surface area is 118 Å². The molecule has 0 unspecified atom stereocenters. The molecule has 108 valence electrons. The number of tetrazole rings is 1. The monoisotopic (exact) mass is 275 g/mol. The Morgan fingerprint density at radius 1 is 1.25 bits per heavy atom. The number of nitrogen functional groups attached to an aromatic ring is 1. The van der Waals surface area contributed by atoms with Gasteiger partial charge in [-0.1, -0.05) is 26.7 Å². The van der Waals surface area contributed by atoms with Crippen molar-refractivity contribution < 1.29 is 4.74 Å². The van der Waals surface area contributed by atoms with Gasteiger partial charge in [0.1, 0.15) is 5.75 Å². The molecule has 0 fully saturated rings.